The van der Waals surface area contributed by atoms with Gasteiger partial charge in [-0.3, -0.25) is 0 Å². The standard InChI is InChI=1S/C13H24O2/c1-2-3-4-7-12(14)10-9-11-6-5-8-13(11)15/h9-15H,2-8H2,1H3/b10-9+/t11?,12?,13-/m1/s1. The molecule has 1 aliphatic rings. The van der Waals surface area contributed by atoms with Crippen molar-refractivity contribution in [3.8, 4) is 0 Å². The number of unbranched alkanes of at least 4 members (excludes halogenated alkanes) is 2. The van der Waals surface area contributed by atoms with Crippen molar-refractivity contribution in [1.82, 2.24) is 0 Å². The lowest BCUT2D eigenvalue weighted by Gasteiger charge is -2.10. The molecule has 88 valence electrons. The van der Waals surface area contributed by atoms with E-state index in [1.54, 1.807) is 0 Å². The van der Waals surface area contributed by atoms with Gasteiger partial charge in [0.15, 0.2) is 0 Å². The van der Waals surface area contributed by atoms with Crippen LogP contribution in [0.4, 0.5) is 0 Å². The van der Waals surface area contributed by atoms with E-state index < -0.39 is 0 Å². The van der Waals surface area contributed by atoms with Gasteiger partial charge >= 0.3 is 0 Å². The molecule has 0 aromatic rings. The smallest absolute Gasteiger partial charge is 0.0721 e. The molecule has 1 saturated carbocycles. The van der Waals surface area contributed by atoms with Gasteiger partial charge in [-0.15, -0.1) is 0 Å². The summed E-state index contributed by atoms with van der Waals surface area (Å²) in [6.07, 6.45) is 10.8. The molecule has 3 atom stereocenters. The molecule has 1 aliphatic carbocycles. The van der Waals surface area contributed by atoms with Crippen molar-refractivity contribution in [1.29, 1.82) is 0 Å². The van der Waals surface area contributed by atoms with Crippen molar-refractivity contribution >= 4 is 0 Å². The Morgan fingerprint density at radius 2 is 2.13 bits per heavy atom. The number of hydrogen-bond donors (Lipinski definition) is 2. The van der Waals surface area contributed by atoms with Crippen molar-refractivity contribution in [2.45, 2.75) is 64.1 Å². The number of hydrogen-bond acceptors (Lipinski definition) is 2. The van der Waals surface area contributed by atoms with Gasteiger partial charge in [0, 0.05) is 5.92 Å². The van der Waals surface area contributed by atoms with Crippen LogP contribution in [0.15, 0.2) is 12.2 Å². The lowest BCUT2D eigenvalue weighted by molar-refractivity contribution is 0.151. The van der Waals surface area contributed by atoms with Crippen molar-refractivity contribution in [3.63, 3.8) is 0 Å². The number of aliphatic hydroxyl groups excluding tert-OH is 2. The van der Waals surface area contributed by atoms with Gasteiger partial charge in [0.1, 0.15) is 0 Å². The Kier molecular flexibility index (Phi) is 5.96. The van der Waals surface area contributed by atoms with Gasteiger partial charge in [-0.25, -0.2) is 0 Å². The highest BCUT2D eigenvalue weighted by Gasteiger charge is 2.22. The van der Waals surface area contributed by atoms with Gasteiger partial charge in [-0.2, -0.15) is 0 Å². The second kappa shape index (κ2) is 7.02. The highest BCUT2D eigenvalue weighted by atomic mass is 16.3. The minimum atomic E-state index is -0.315. The molecule has 2 heteroatoms. The number of aliphatic hydroxyl groups is 2. The molecule has 0 radical (unpaired) electrons. The third kappa shape index (κ3) is 4.80. The molecule has 2 unspecified atom stereocenters. The average molecular weight is 212 g/mol. The van der Waals surface area contributed by atoms with Crippen molar-refractivity contribution in [2.24, 2.45) is 5.92 Å². The zero-order valence-corrected chi connectivity index (χ0v) is 9.73. The molecule has 0 saturated heterocycles. The second-order valence-electron chi connectivity index (χ2n) is 4.61. The van der Waals surface area contributed by atoms with E-state index in [9.17, 15) is 10.2 Å². The van der Waals surface area contributed by atoms with Crippen molar-refractivity contribution < 1.29 is 10.2 Å². The largest absolute Gasteiger partial charge is 0.393 e. The maximum absolute atomic E-state index is 9.65. The first-order valence-electron chi connectivity index (χ1n) is 6.28. The Labute approximate surface area is 93.0 Å². The first kappa shape index (κ1) is 12.7. The van der Waals surface area contributed by atoms with Crippen LogP contribution in [0.3, 0.4) is 0 Å². The van der Waals surface area contributed by atoms with Crippen LogP contribution in [-0.2, 0) is 0 Å². The van der Waals surface area contributed by atoms with E-state index in [0.717, 1.165) is 32.1 Å². The minimum Gasteiger partial charge on any atom is -0.393 e. The van der Waals surface area contributed by atoms with Crippen LogP contribution in [0.2, 0.25) is 0 Å². The first-order chi connectivity index (χ1) is 7.24. The summed E-state index contributed by atoms with van der Waals surface area (Å²) in [5, 5.41) is 19.2. The van der Waals surface area contributed by atoms with Gasteiger partial charge in [-0.1, -0.05) is 44.8 Å². The molecule has 2 N–H and O–H groups in total. The van der Waals surface area contributed by atoms with Gasteiger partial charge in [0.2, 0.25) is 0 Å². The molecule has 0 bridgehead atoms. The molecule has 15 heavy (non-hydrogen) atoms. The Morgan fingerprint density at radius 1 is 1.33 bits per heavy atom. The predicted molar refractivity (Wildman–Crippen MR) is 62.6 cm³/mol. The summed E-state index contributed by atoms with van der Waals surface area (Å²) in [6.45, 7) is 2.16. The molecular weight excluding hydrogens is 188 g/mol. The van der Waals surface area contributed by atoms with Crippen LogP contribution in [0.5, 0.6) is 0 Å². The third-order valence-corrected chi connectivity index (χ3v) is 3.22. The van der Waals surface area contributed by atoms with Crippen molar-refractivity contribution in [3.05, 3.63) is 12.2 Å². The predicted octanol–water partition coefficient (Wildman–Crippen LogP) is 2.64. The fourth-order valence-corrected chi connectivity index (χ4v) is 2.16. The normalized spacial score (nSPS) is 28.7. The summed E-state index contributed by atoms with van der Waals surface area (Å²) in [6, 6.07) is 0. The summed E-state index contributed by atoms with van der Waals surface area (Å²) >= 11 is 0. The van der Waals surface area contributed by atoms with Crippen LogP contribution in [0.25, 0.3) is 0 Å². The summed E-state index contributed by atoms with van der Waals surface area (Å²) in [5.74, 6) is 0.283. The summed E-state index contributed by atoms with van der Waals surface area (Å²) in [5.41, 5.74) is 0. The molecule has 0 aliphatic heterocycles. The van der Waals surface area contributed by atoms with E-state index >= 15 is 0 Å². The van der Waals surface area contributed by atoms with Gasteiger partial charge in [0.05, 0.1) is 12.2 Å². The van der Waals surface area contributed by atoms with Crippen LogP contribution in [0, 0.1) is 5.92 Å². The fourth-order valence-electron chi connectivity index (χ4n) is 2.16. The summed E-state index contributed by atoms with van der Waals surface area (Å²) in [4.78, 5) is 0. The lowest BCUT2D eigenvalue weighted by Crippen LogP contribution is -2.11. The third-order valence-electron chi connectivity index (χ3n) is 3.22. The Balaban J connectivity index is 2.18. The van der Waals surface area contributed by atoms with Crippen LogP contribution in [-0.4, -0.2) is 22.4 Å². The average Bonchev–Trinajstić information content (AvgIpc) is 2.61. The van der Waals surface area contributed by atoms with E-state index in [1.807, 2.05) is 12.2 Å². The molecule has 2 nitrogen and oxygen atoms in total. The maximum atomic E-state index is 9.65. The van der Waals surface area contributed by atoms with E-state index in [2.05, 4.69) is 6.92 Å². The zero-order valence-electron chi connectivity index (χ0n) is 9.73. The Bertz CT molecular complexity index is 189. The lowest BCUT2D eigenvalue weighted by atomic mass is 10.0. The highest BCUT2D eigenvalue weighted by molar-refractivity contribution is 4.98. The molecule has 1 rings (SSSR count). The summed E-state index contributed by atoms with van der Waals surface area (Å²) < 4.78 is 0. The molecule has 0 amide bonds. The highest BCUT2D eigenvalue weighted by Crippen LogP contribution is 2.26. The Morgan fingerprint density at radius 3 is 2.73 bits per heavy atom. The summed E-state index contributed by atoms with van der Waals surface area (Å²) in [7, 11) is 0. The van der Waals surface area contributed by atoms with Gasteiger partial charge in [0.25, 0.3) is 0 Å². The van der Waals surface area contributed by atoms with Crippen molar-refractivity contribution in [2.75, 3.05) is 0 Å². The first-order valence-corrected chi connectivity index (χ1v) is 6.28. The molecule has 0 spiro atoms. The topological polar surface area (TPSA) is 40.5 Å². The molecule has 1 fully saturated rings. The van der Waals surface area contributed by atoms with Gasteiger partial charge < -0.3 is 10.2 Å². The molecule has 0 heterocycles. The Hall–Kier alpha value is -0.340. The quantitative estimate of drug-likeness (QED) is 0.525. The van der Waals surface area contributed by atoms with E-state index in [1.165, 1.54) is 12.8 Å². The maximum Gasteiger partial charge on any atom is 0.0721 e. The SMILES string of the molecule is CCCCCC(O)/C=C/C1CCC[C@H]1O. The van der Waals surface area contributed by atoms with Crippen LogP contribution >= 0.6 is 0 Å². The van der Waals surface area contributed by atoms with E-state index in [-0.39, 0.29) is 18.1 Å². The zero-order chi connectivity index (χ0) is 11.1. The molecule has 0 aromatic carbocycles. The minimum absolute atomic E-state index is 0.177. The van der Waals surface area contributed by atoms with E-state index in [0.29, 0.717) is 0 Å². The fraction of sp³-hybridized carbons (Fsp3) is 0.846. The number of rotatable bonds is 6. The van der Waals surface area contributed by atoms with Crippen LogP contribution in [0.1, 0.15) is 51.9 Å². The van der Waals surface area contributed by atoms with Crippen LogP contribution < -0.4 is 0 Å². The van der Waals surface area contributed by atoms with Gasteiger partial charge in [-0.05, 0) is 19.3 Å². The molecule has 0 aromatic heterocycles. The molecular formula is C13H24O2. The van der Waals surface area contributed by atoms with E-state index in [4.69, 9.17) is 0 Å². The second-order valence-corrected chi connectivity index (χ2v) is 4.61. The monoisotopic (exact) mass is 212 g/mol.